The lowest BCUT2D eigenvalue weighted by Gasteiger charge is -1.92. The Morgan fingerprint density at radius 1 is 1.25 bits per heavy atom. The van der Waals surface area contributed by atoms with E-state index in [0.717, 1.165) is 17.7 Å². The zero-order valence-electron chi connectivity index (χ0n) is 6.90. The van der Waals surface area contributed by atoms with Crippen molar-refractivity contribution < 1.29 is 19.4 Å². The van der Waals surface area contributed by atoms with Crippen LogP contribution in [0.2, 0.25) is 0 Å². The molecule has 0 bridgehead atoms. The van der Waals surface area contributed by atoms with E-state index >= 15 is 0 Å². The molecule has 0 unspecified atom stereocenters. The van der Waals surface area contributed by atoms with Crippen molar-refractivity contribution in [3.8, 4) is 0 Å². The van der Waals surface area contributed by atoms with E-state index in [1.165, 1.54) is 6.26 Å². The third-order valence-corrected chi connectivity index (χ3v) is 0.773. The van der Waals surface area contributed by atoms with Crippen LogP contribution in [0, 0.1) is 0 Å². The first-order valence-electron chi connectivity index (χ1n) is 3.27. The molecule has 0 spiro atoms. The maximum atomic E-state index is 10.6. The topological polar surface area (TPSA) is 63.6 Å². The zero-order valence-corrected chi connectivity index (χ0v) is 6.90. The monoisotopic (exact) mass is 170 g/mol. The zero-order chi connectivity index (χ0) is 9.56. The van der Waals surface area contributed by atoms with Gasteiger partial charge in [-0.1, -0.05) is 0 Å². The van der Waals surface area contributed by atoms with Gasteiger partial charge in [-0.05, 0) is 19.4 Å². The quantitative estimate of drug-likeness (QED) is 0.391. The van der Waals surface area contributed by atoms with Crippen molar-refractivity contribution >= 4 is 11.9 Å². The largest absolute Gasteiger partial charge is 0.478 e. The number of carbonyl (C=O) groups excluding carboxylic acids is 1. The fraction of sp³-hybridized carbons (Fsp3) is 0.250. The lowest BCUT2D eigenvalue weighted by Crippen LogP contribution is -1.96. The number of ether oxygens (including phenoxy) is 1. The SMILES string of the molecule is CC(C)=COC(=O)/C=C\C(=O)O. The van der Waals surface area contributed by atoms with Gasteiger partial charge >= 0.3 is 11.9 Å². The predicted molar refractivity (Wildman–Crippen MR) is 42.3 cm³/mol. The van der Waals surface area contributed by atoms with Crippen molar-refractivity contribution in [2.45, 2.75) is 13.8 Å². The predicted octanol–water partition coefficient (Wildman–Crippen LogP) is 1.09. The molecule has 0 aliphatic heterocycles. The van der Waals surface area contributed by atoms with E-state index in [9.17, 15) is 9.59 Å². The molecule has 0 heterocycles. The van der Waals surface area contributed by atoms with E-state index < -0.39 is 11.9 Å². The molecule has 0 amide bonds. The average molecular weight is 170 g/mol. The van der Waals surface area contributed by atoms with Gasteiger partial charge in [0.2, 0.25) is 0 Å². The van der Waals surface area contributed by atoms with Crippen molar-refractivity contribution in [2.75, 3.05) is 0 Å². The second-order valence-corrected chi connectivity index (χ2v) is 2.30. The summed E-state index contributed by atoms with van der Waals surface area (Å²) < 4.78 is 4.50. The highest BCUT2D eigenvalue weighted by Crippen LogP contribution is 1.90. The molecule has 1 N–H and O–H groups in total. The molecule has 0 aliphatic carbocycles. The number of carbonyl (C=O) groups is 2. The van der Waals surface area contributed by atoms with Crippen molar-refractivity contribution in [2.24, 2.45) is 0 Å². The number of rotatable bonds is 3. The van der Waals surface area contributed by atoms with E-state index in [0.29, 0.717) is 0 Å². The van der Waals surface area contributed by atoms with Crippen molar-refractivity contribution in [1.82, 2.24) is 0 Å². The summed E-state index contributed by atoms with van der Waals surface area (Å²) in [5, 5.41) is 8.13. The van der Waals surface area contributed by atoms with Crippen LogP contribution in [-0.4, -0.2) is 17.0 Å². The van der Waals surface area contributed by atoms with E-state index in [4.69, 9.17) is 5.11 Å². The van der Waals surface area contributed by atoms with Gasteiger partial charge in [-0.2, -0.15) is 0 Å². The Balaban J connectivity index is 3.91. The van der Waals surface area contributed by atoms with Crippen LogP contribution in [0.4, 0.5) is 0 Å². The Morgan fingerprint density at radius 2 is 1.83 bits per heavy atom. The Hall–Kier alpha value is -1.58. The van der Waals surface area contributed by atoms with Gasteiger partial charge < -0.3 is 9.84 Å². The van der Waals surface area contributed by atoms with Crippen molar-refractivity contribution in [3.05, 3.63) is 24.0 Å². The summed E-state index contributed by atoms with van der Waals surface area (Å²) in [5.41, 5.74) is 0.826. The Bertz CT molecular complexity index is 233. The van der Waals surface area contributed by atoms with Gasteiger partial charge in [0.15, 0.2) is 0 Å². The highest BCUT2D eigenvalue weighted by molar-refractivity contribution is 5.90. The van der Waals surface area contributed by atoms with E-state index in [2.05, 4.69) is 4.74 Å². The molecule has 0 aromatic carbocycles. The highest BCUT2D eigenvalue weighted by Gasteiger charge is 1.94. The third kappa shape index (κ3) is 6.54. The number of hydrogen-bond acceptors (Lipinski definition) is 3. The molecule has 12 heavy (non-hydrogen) atoms. The van der Waals surface area contributed by atoms with Crippen LogP contribution in [-0.2, 0) is 14.3 Å². The molecular formula is C8H10O4. The normalized spacial score (nSPS) is 9.50. The first kappa shape index (κ1) is 10.4. The number of carboxylic acids is 1. The maximum Gasteiger partial charge on any atom is 0.335 e. The molecule has 0 aromatic rings. The number of aliphatic carboxylic acids is 1. The van der Waals surface area contributed by atoms with Gasteiger partial charge in [0.25, 0.3) is 0 Å². The first-order valence-corrected chi connectivity index (χ1v) is 3.27. The molecule has 0 radical (unpaired) electrons. The molecule has 0 saturated heterocycles. The minimum atomic E-state index is -1.18. The number of carboxylic acid groups (broad SMARTS) is 1. The van der Waals surface area contributed by atoms with Crippen molar-refractivity contribution in [3.63, 3.8) is 0 Å². The standard InChI is InChI=1S/C8H10O4/c1-6(2)5-12-8(11)4-3-7(9)10/h3-5H,1-2H3,(H,9,10)/b4-3-. The number of hydrogen-bond donors (Lipinski definition) is 1. The van der Waals surface area contributed by atoms with Crippen LogP contribution >= 0.6 is 0 Å². The van der Waals surface area contributed by atoms with Gasteiger partial charge in [0.1, 0.15) is 0 Å². The maximum absolute atomic E-state index is 10.6. The summed E-state index contributed by atoms with van der Waals surface area (Å²) in [4.78, 5) is 20.6. The minimum absolute atomic E-state index is 0.696. The Morgan fingerprint density at radius 3 is 2.25 bits per heavy atom. The third-order valence-electron chi connectivity index (χ3n) is 0.773. The van der Waals surface area contributed by atoms with E-state index in [1.54, 1.807) is 13.8 Å². The Kier molecular flexibility index (Phi) is 4.45. The summed E-state index contributed by atoms with van der Waals surface area (Å²) in [5.74, 6) is -1.87. The molecule has 0 fully saturated rings. The first-order chi connectivity index (χ1) is 5.52. The smallest absolute Gasteiger partial charge is 0.335 e. The van der Waals surface area contributed by atoms with E-state index in [1.807, 2.05) is 0 Å². The summed E-state index contributed by atoms with van der Waals surface area (Å²) in [7, 11) is 0. The van der Waals surface area contributed by atoms with Crippen LogP contribution in [0.3, 0.4) is 0 Å². The second kappa shape index (κ2) is 5.12. The van der Waals surface area contributed by atoms with Gasteiger partial charge in [-0.25, -0.2) is 9.59 Å². The summed E-state index contributed by atoms with van der Waals surface area (Å²) in [6.45, 7) is 3.52. The van der Waals surface area contributed by atoms with Crippen LogP contribution in [0.1, 0.15) is 13.8 Å². The fourth-order valence-corrected chi connectivity index (χ4v) is 0.355. The number of esters is 1. The number of allylic oxidation sites excluding steroid dienone is 1. The van der Waals surface area contributed by atoms with Gasteiger partial charge in [-0.3, -0.25) is 0 Å². The molecule has 0 atom stereocenters. The van der Waals surface area contributed by atoms with Crippen LogP contribution in [0.25, 0.3) is 0 Å². The lowest BCUT2D eigenvalue weighted by atomic mass is 10.4. The van der Waals surface area contributed by atoms with Gasteiger partial charge in [0.05, 0.1) is 6.26 Å². The molecule has 4 heteroatoms. The summed E-state index contributed by atoms with van der Waals surface area (Å²) in [6, 6.07) is 0. The average Bonchev–Trinajstić information content (AvgIpc) is 1.96. The lowest BCUT2D eigenvalue weighted by molar-refractivity contribution is -0.134. The van der Waals surface area contributed by atoms with Crippen molar-refractivity contribution in [1.29, 1.82) is 0 Å². The minimum Gasteiger partial charge on any atom is -0.478 e. The van der Waals surface area contributed by atoms with Gasteiger partial charge in [-0.15, -0.1) is 0 Å². The second-order valence-electron chi connectivity index (χ2n) is 2.30. The molecule has 0 aromatic heterocycles. The molecule has 4 nitrogen and oxygen atoms in total. The van der Waals surface area contributed by atoms with E-state index in [-0.39, 0.29) is 0 Å². The van der Waals surface area contributed by atoms with Crippen LogP contribution in [0.5, 0.6) is 0 Å². The molecule has 0 saturated carbocycles. The summed E-state index contributed by atoms with van der Waals surface area (Å²) in [6.07, 6.45) is 2.83. The van der Waals surface area contributed by atoms with Crippen LogP contribution < -0.4 is 0 Å². The molecule has 0 aliphatic rings. The molecular weight excluding hydrogens is 160 g/mol. The Labute approximate surface area is 70.1 Å². The molecule has 0 rings (SSSR count). The van der Waals surface area contributed by atoms with Crippen LogP contribution in [0.15, 0.2) is 24.0 Å². The summed E-state index contributed by atoms with van der Waals surface area (Å²) >= 11 is 0. The fourth-order valence-electron chi connectivity index (χ4n) is 0.355. The highest BCUT2D eigenvalue weighted by atomic mass is 16.5. The van der Waals surface area contributed by atoms with Gasteiger partial charge in [0, 0.05) is 12.2 Å². The molecule has 66 valence electrons.